The third kappa shape index (κ3) is 13.6. The number of nitrogens with two attached hydrogens (primary N) is 1. The van der Waals surface area contributed by atoms with Crippen LogP contribution in [0.25, 0.3) is 0 Å². The van der Waals surface area contributed by atoms with Crippen LogP contribution in [0, 0.1) is 18.3 Å². The van der Waals surface area contributed by atoms with Crippen LogP contribution in [0.5, 0.6) is 11.5 Å². The van der Waals surface area contributed by atoms with Gasteiger partial charge in [0.15, 0.2) is 12.7 Å². The predicted octanol–water partition coefficient (Wildman–Crippen LogP) is 4.58. The van der Waals surface area contributed by atoms with Gasteiger partial charge in [-0.25, -0.2) is 14.4 Å². The van der Waals surface area contributed by atoms with Crippen LogP contribution in [0.1, 0.15) is 64.5 Å². The molecule has 58 heavy (non-hydrogen) atoms. The Kier molecular flexibility index (Phi) is 16.6. The zero-order valence-corrected chi connectivity index (χ0v) is 33.6. The number of likely N-dealkylation sites (tertiary alicyclic amines) is 1. The minimum Gasteiger partial charge on any atom is -0.484 e. The monoisotopic (exact) mass is 802 g/mol. The third-order valence-electron chi connectivity index (χ3n) is 9.70. The molecular weight excluding hydrogens is 748 g/mol. The molecule has 0 bridgehead atoms. The average Bonchev–Trinajstić information content (AvgIpc) is 3.19. The third-order valence-corrected chi connectivity index (χ3v) is 9.70. The average molecular weight is 803 g/mol. The minimum atomic E-state index is -1.49. The van der Waals surface area contributed by atoms with Crippen molar-refractivity contribution in [1.29, 1.82) is 0 Å². The Morgan fingerprint density at radius 1 is 0.776 bits per heavy atom. The molecule has 3 unspecified atom stereocenters. The second-order valence-electron chi connectivity index (χ2n) is 14.8. The fraction of sp³-hybridized carbons (Fsp3) is 0.442. The van der Waals surface area contributed by atoms with Gasteiger partial charge in [-0.1, -0.05) is 80.6 Å². The maximum absolute atomic E-state index is 14.0. The van der Waals surface area contributed by atoms with E-state index >= 15 is 0 Å². The SMILES string of the molecule is Cc1ccccc1OCC(=O)NC(CC(C)C)C(=O)N[C@@H](CC1(C(N)=O)CCN(C(=O)Oc2ccccc2)CC1)C(=O)OC(C)OC(=O)C(C)OCc1ccccc1. The van der Waals surface area contributed by atoms with Gasteiger partial charge in [-0.15, -0.1) is 0 Å². The Labute approximate surface area is 338 Å². The highest BCUT2D eigenvalue weighted by Gasteiger charge is 2.46. The number of carbonyl (C=O) groups is 6. The molecule has 312 valence electrons. The second kappa shape index (κ2) is 21.5. The number of hydrogen-bond acceptors (Lipinski definition) is 11. The number of aryl methyl sites for hydroxylation is 1. The van der Waals surface area contributed by atoms with Crippen molar-refractivity contribution >= 4 is 35.8 Å². The Morgan fingerprint density at radius 2 is 1.38 bits per heavy atom. The van der Waals surface area contributed by atoms with E-state index < -0.39 is 65.6 Å². The number of hydrogen-bond donors (Lipinski definition) is 3. The molecule has 4 atom stereocenters. The van der Waals surface area contributed by atoms with Crippen molar-refractivity contribution in [1.82, 2.24) is 15.5 Å². The molecule has 1 aliphatic rings. The van der Waals surface area contributed by atoms with Gasteiger partial charge in [-0.3, -0.25) is 14.4 Å². The molecule has 1 heterocycles. The highest BCUT2D eigenvalue weighted by molar-refractivity contribution is 5.92. The van der Waals surface area contributed by atoms with Crippen molar-refractivity contribution in [2.45, 2.75) is 91.4 Å². The number of amides is 4. The number of nitrogens with zero attached hydrogens (tertiary/aromatic N) is 1. The lowest BCUT2D eigenvalue weighted by atomic mass is 9.73. The van der Waals surface area contributed by atoms with Gasteiger partial charge in [0.1, 0.15) is 23.6 Å². The van der Waals surface area contributed by atoms with Gasteiger partial charge in [0.25, 0.3) is 5.91 Å². The maximum Gasteiger partial charge on any atom is 0.415 e. The molecule has 1 fully saturated rings. The van der Waals surface area contributed by atoms with E-state index in [2.05, 4.69) is 10.6 Å². The number of primary amides is 1. The lowest BCUT2D eigenvalue weighted by Gasteiger charge is -2.40. The molecule has 1 saturated heterocycles. The molecule has 4 rings (SSSR count). The molecule has 0 aliphatic carbocycles. The number of benzene rings is 3. The van der Waals surface area contributed by atoms with E-state index in [1.165, 1.54) is 18.7 Å². The van der Waals surface area contributed by atoms with Crippen molar-refractivity contribution in [3.05, 3.63) is 96.1 Å². The Morgan fingerprint density at radius 3 is 2.00 bits per heavy atom. The van der Waals surface area contributed by atoms with Crippen LogP contribution >= 0.6 is 0 Å². The molecule has 4 N–H and O–H groups in total. The van der Waals surface area contributed by atoms with Crippen LogP contribution < -0.4 is 25.8 Å². The van der Waals surface area contributed by atoms with E-state index in [1.807, 2.05) is 63.2 Å². The van der Waals surface area contributed by atoms with Crippen molar-refractivity contribution in [2.24, 2.45) is 17.1 Å². The van der Waals surface area contributed by atoms with Gasteiger partial charge in [-0.2, -0.15) is 0 Å². The summed E-state index contributed by atoms with van der Waals surface area (Å²) in [4.78, 5) is 81.4. The number of nitrogens with one attached hydrogen (secondary N) is 2. The van der Waals surface area contributed by atoms with E-state index in [1.54, 1.807) is 42.5 Å². The van der Waals surface area contributed by atoms with E-state index in [-0.39, 0.29) is 57.9 Å². The fourth-order valence-electron chi connectivity index (χ4n) is 6.37. The summed E-state index contributed by atoms with van der Waals surface area (Å²) in [6.07, 6.45) is -3.10. The normalized spacial score (nSPS) is 15.5. The molecule has 0 aromatic heterocycles. The summed E-state index contributed by atoms with van der Waals surface area (Å²) in [6.45, 7) is 8.28. The standard InChI is InChI=1S/C43H54N4O11/c1-28(2)24-34(45-37(48)27-55-36-19-13-12-14-29(36)3)38(49)46-35(40(51)57-31(5)56-39(50)30(4)54-26-32-15-8-6-9-16-32)25-43(41(44)52)20-22-47(23-21-43)42(53)58-33-17-10-7-11-18-33/h6-19,28,30-31,34-35H,20-27H2,1-5H3,(H2,44,52)(H,45,48)(H,46,49)/t30?,31?,34?,35-/m0/s1. The summed E-state index contributed by atoms with van der Waals surface area (Å²) in [5.41, 5.74) is 6.28. The van der Waals surface area contributed by atoms with Crippen molar-refractivity contribution in [3.8, 4) is 11.5 Å². The predicted molar refractivity (Wildman–Crippen MR) is 212 cm³/mol. The van der Waals surface area contributed by atoms with Crippen LogP contribution in [-0.2, 0) is 44.8 Å². The number of rotatable bonds is 19. The van der Waals surface area contributed by atoms with Crippen LogP contribution in [0.15, 0.2) is 84.9 Å². The van der Waals surface area contributed by atoms with Gasteiger partial charge < -0.3 is 45.0 Å². The van der Waals surface area contributed by atoms with Crippen LogP contribution in [0.3, 0.4) is 0 Å². The maximum atomic E-state index is 14.0. The largest absolute Gasteiger partial charge is 0.484 e. The van der Waals surface area contributed by atoms with Crippen LogP contribution in [0.4, 0.5) is 4.79 Å². The second-order valence-corrected chi connectivity index (χ2v) is 14.8. The molecule has 4 amide bonds. The first-order chi connectivity index (χ1) is 27.7. The van der Waals surface area contributed by atoms with Gasteiger partial charge in [-0.05, 0) is 74.8 Å². The Hall–Kier alpha value is -5.96. The quantitative estimate of drug-likeness (QED) is 0.113. The van der Waals surface area contributed by atoms with E-state index in [4.69, 9.17) is 29.4 Å². The van der Waals surface area contributed by atoms with Gasteiger partial charge in [0.05, 0.1) is 12.0 Å². The van der Waals surface area contributed by atoms with Crippen molar-refractivity contribution < 1.29 is 52.5 Å². The van der Waals surface area contributed by atoms with E-state index in [9.17, 15) is 28.8 Å². The number of ether oxygens (including phenoxy) is 5. The summed E-state index contributed by atoms with van der Waals surface area (Å²) in [5, 5.41) is 5.38. The smallest absolute Gasteiger partial charge is 0.415 e. The molecule has 0 spiro atoms. The molecule has 3 aromatic carbocycles. The summed E-state index contributed by atoms with van der Waals surface area (Å²) >= 11 is 0. The summed E-state index contributed by atoms with van der Waals surface area (Å²) in [5.74, 6) is -3.08. The number of carbonyl (C=O) groups excluding carboxylic acids is 6. The zero-order valence-electron chi connectivity index (χ0n) is 33.6. The zero-order chi connectivity index (χ0) is 42.2. The Bertz CT molecular complexity index is 1850. The molecule has 0 radical (unpaired) electrons. The van der Waals surface area contributed by atoms with Crippen molar-refractivity contribution in [2.75, 3.05) is 19.7 Å². The highest BCUT2D eigenvalue weighted by atomic mass is 16.7. The molecule has 3 aromatic rings. The molecule has 15 heteroatoms. The number of piperidine rings is 1. The number of para-hydroxylation sites is 2. The van der Waals surface area contributed by atoms with Gasteiger partial charge >= 0.3 is 18.0 Å². The van der Waals surface area contributed by atoms with E-state index in [0.29, 0.717) is 11.5 Å². The van der Waals surface area contributed by atoms with Crippen LogP contribution in [-0.4, -0.2) is 84.8 Å². The molecule has 0 saturated carbocycles. The first kappa shape index (κ1) is 44.8. The molecular formula is C43H54N4O11. The van der Waals surface area contributed by atoms with Crippen LogP contribution in [0.2, 0.25) is 0 Å². The fourth-order valence-corrected chi connectivity index (χ4v) is 6.37. The van der Waals surface area contributed by atoms with Crippen molar-refractivity contribution in [3.63, 3.8) is 0 Å². The summed E-state index contributed by atoms with van der Waals surface area (Å²) in [7, 11) is 0. The first-order valence-electron chi connectivity index (χ1n) is 19.3. The highest BCUT2D eigenvalue weighted by Crippen LogP contribution is 2.37. The lowest BCUT2D eigenvalue weighted by Crippen LogP contribution is -2.57. The molecule has 15 nitrogen and oxygen atoms in total. The minimum absolute atomic E-state index is 0.0368. The first-order valence-corrected chi connectivity index (χ1v) is 19.3. The summed E-state index contributed by atoms with van der Waals surface area (Å²) in [6, 6.07) is 22.3. The summed E-state index contributed by atoms with van der Waals surface area (Å²) < 4.78 is 27.7. The van der Waals surface area contributed by atoms with E-state index in [0.717, 1.165) is 11.1 Å². The van der Waals surface area contributed by atoms with Gasteiger partial charge in [0, 0.05) is 20.0 Å². The topological polar surface area (TPSA) is 202 Å². The van der Waals surface area contributed by atoms with Gasteiger partial charge in [0.2, 0.25) is 18.1 Å². The number of esters is 2. The lowest BCUT2D eigenvalue weighted by molar-refractivity contribution is -0.194. The Balaban J connectivity index is 1.48. The molecule has 1 aliphatic heterocycles.